The van der Waals surface area contributed by atoms with Crippen LogP contribution in [-0.4, -0.2) is 4.92 Å². The van der Waals surface area contributed by atoms with E-state index in [2.05, 4.69) is 31.9 Å². The maximum absolute atomic E-state index is 10.8. The summed E-state index contributed by atoms with van der Waals surface area (Å²) < 4.78 is 1.58. The van der Waals surface area contributed by atoms with Gasteiger partial charge in [-0.3, -0.25) is 10.1 Å². The summed E-state index contributed by atoms with van der Waals surface area (Å²) in [6.07, 6.45) is 0. The third-order valence-electron chi connectivity index (χ3n) is 2.11. The molecule has 0 aliphatic heterocycles. The normalized spacial score (nSPS) is 10.5. The third kappa shape index (κ3) is 1.77. The molecule has 0 saturated carbocycles. The molecule has 0 N–H and O–H groups in total. The first-order valence-corrected chi connectivity index (χ1v) is 5.71. The van der Waals surface area contributed by atoms with Gasteiger partial charge in [-0.15, -0.1) is 0 Å². The zero-order valence-corrected chi connectivity index (χ0v) is 10.6. The van der Waals surface area contributed by atoms with Crippen molar-refractivity contribution >= 4 is 48.3 Å². The molecule has 76 valence electrons. The Bertz CT molecular complexity index is 554. The summed E-state index contributed by atoms with van der Waals surface area (Å²) in [6.45, 7) is 0. The molecule has 2 aromatic carbocycles. The van der Waals surface area contributed by atoms with Crippen LogP contribution in [-0.2, 0) is 0 Å². The van der Waals surface area contributed by atoms with Gasteiger partial charge in [0.2, 0.25) is 0 Å². The highest BCUT2D eigenvalue weighted by molar-refractivity contribution is 9.11. The van der Waals surface area contributed by atoms with E-state index in [-0.39, 0.29) is 10.6 Å². The Kier molecular flexibility index (Phi) is 2.75. The van der Waals surface area contributed by atoms with Gasteiger partial charge in [-0.05, 0) is 28.1 Å². The van der Waals surface area contributed by atoms with E-state index in [1.165, 1.54) is 6.07 Å². The molecular formula is C10H5Br2NO2. The second-order valence-corrected chi connectivity index (χ2v) is 4.69. The molecule has 3 nitrogen and oxygen atoms in total. The number of nitro benzene ring substituents is 1. The first-order valence-electron chi connectivity index (χ1n) is 4.12. The smallest absolute Gasteiger partial charge is 0.258 e. The standard InChI is InChI=1S/C10H5Br2NO2/c11-7-4-5-8(12)10-6(7)2-1-3-9(10)13(14)15/h1-5H. The van der Waals surface area contributed by atoms with E-state index < -0.39 is 0 Å². The van der Waals surface area contributed by atoms with Crippen LogP contribution >= 0.6 is 31.9 Å². The molecule has 15 heavy (non-hydrogen) atoms. The largest absolute Gasteiger partial charge is 0.278 e. The molecule has 0 radical (unpaired) electrons. The highest BCUT2D eigenvalue weighted by Gasteiger charge is 2.15. The fourth-order valence-corrected chi connectivity index (χ4v) is 2.47. The second-order valence-electron chi connectivity index (χ2n) is 2.99. The van der Waals surface area contributed by atoms with Crippen LogP contribution in [0, 0.1) is 10.1 Å². The number of hydrogen-bond donors (Lipinski definition) is 0. The molecule has 0 fully saturated rings. The van der Waals surface area contributed by atoms with Crippen molar-refractivity contribution in [2.75, 3.05) is 0 Å². The minimum Gasteiger partial charge on any atom is -0.258 e. The SMILES string of the molecule is O=[N+]([O-])c1cccc2c(Br)ccc(Br)c12. The third-order valence-corrected chi connectivity index (χ3v) is 3.46. The predicted octanol–water partition coefficient (Wildman–Crippen LogP) is 4.27. The molecule has 0 amide bonds. The van der Waals surface area contributed by atoms with Crippen molar-refractivity contribution in [3.63, 3.8) is 0 Å². The molecule has 0 bridgehead atoms. The fourth-order valence-electron chi connectivity index (χ4n) is 1.46. The Morgan fingerprint density at radius 1 is 1.07 bits per heavy atom. The number of benzene rings is 2. The lowest BCUT2D eigenvalue weighted by atomic mass is 10.1. The molecule has 0 aliphatic rings. The van der Waals surface area contributed by atoms with E-state index in [9.17, 15) is 10.1 Å². The molecule has 0 spiro atoms. The quantitative estimate of drug-likeness (QED) is 0.578. The maximum Gasteiger partial charge on any atom is 0.278 e. The van der Waals surface area contributed by atoms with Gasteiger partial charge in [0.05, 0.1) is 10.3 Å². The maximum atomic E-state index is 10.8. The van der Waals surface area contributed by atoms with Gasteiger partial charge in [-0.1, -0.05) is 28.1 Å². The van der Waals surface area contributed by atoms with Gasteiger partial charge in [0, 0.05) is 20.4 Å². The zero-order chi connectivity index (χ0) is 11.0. The minimum absolute atomic E-state index is 0.112. The van der Waals surface area contributed by atoms with Crippen molar-refractivity contribution < 1.29 is 4.92 Å². The van der Waals surface area contributed by atoms with E-state index in [0.717, 1.165) is 14.3 Å². The summed E-state index contributed by atoms with van der Waals surface area (Å²) in [7, 11) is 0. The Balaban J connectivity index is 2.96. The van der Waals surface area contributed by atoms with Crippen molar-refractivity contribution in [3.05, 3.63) is 49.4 Å². The summed E-state index contributed by atoms with van der Waals surface area (Å²) in [5.74, 6) is 0. The van der Waals surface area contributed by atoms with Gasteiger partial charge >= 0.3 is 0 Å². The molecule has 0 aliphatic carbocycles. The van der Waals surface area contributed by atoms with Crippen LogP contribution in [0.4, 0.5) is 5.69 Å². The van der Waals surface area contributed by atoms with E-state index in [4.69, 9.17) is 0 Å². The molecule has 2 aromatic rings. The van der Waals surface area contributed by atoms with Gasteiger partial charge in [0.15, 0.2) is 0 Å². The van der Waals surface area contributed by atoms with Gasteiger partial charge in [-0.2, -0.15) is 0 Å². The van der Waals surface area contributed by atoms with Crippen LogP contribution in [0.1, 0.15) is 0 Å². The molecule has 5 heteroatoms. The number of non-ortho nitro benzene ring substituents is 1. The summed E-state index contributed by atoms with van der Waals surface area (Å²) in [5, 5.41) is 12.3. The monoisotopic (exact) mass is 329 g/mol. The van der Waals surface area contributed by atoms with Crippen LogP contribution in [0.15, 0.2) is 39.3 Å². The highest BCUT2D eigenvalue weighted by Crippen LogP contribution is 2.36. The van der Waals surface area contributed by atoms with Crippen molar-refractivity contribution in [2.24, 2.45) is 0 Å². The molecule has 2 rings (SSSR count). The van der Waals surface area contributed by atoms with Gasteiger partial charge in [0.25, 0.3) is 5.69 Å². The number of nitrogens with zero attached hydrogens (tertiary/aromatic N) is 1. The van der Waals surface area contributed by atoms with E-state index >= 15 is 0 Å². The number of rotatable bonds is 1. The molecule has 0 heterocycles. The van der Waals surface area contributed by atoms with Crippen LogP contribution in [0.5, 0.6) is 0 Å². The summed E-state index contributed by atoms with van der Waals surface area (Å²) in [6, 6.07) is 8.67. The zero-order valence-electron chi connectivity index (χ0n) is 7.41. The molecule has 0 unspecified atom stereocenters. The Morgan fingerprint density at radius 3 is 2.40 bits per heavy atom. The molecule has 0 aromatic heterocycles. The van der Waals surface area contributed by atoms with Gasteiger partial charge < -0.3 is 0 Å². The summed E-state index contributed by atoms with van der Waals surface area (Å²) in [5.41, 5.74) is 0.112. The highest BCUT2D eigenvalue weighted by atomic mass is 79.9. The van der Waals surface area contributed by atoms with Crippen LogP contribution in [0.25, 0.3) is 10.8 Å². The summed E-state index contributed by atoms with van der Waals surface area (Å²) >= 11 is 6.70. The first kappa shape index (κ1) is 10.6. The first-order chi connectivity index (χ1) is 7.11. The van der Waals surface area contributed by atoms with Crippen LogP contribution < -0.4 is 0 Å². The predicted molar refractivity (Wildman–Crippen MR) is 66.0 cm³/mol. The number of hydrogen-bond acceptors (Lipinski definition) is 2. The Morgan fingerprint density at radius 2 is 1.73 bits per heavy atom. The van der Waals surface area contributed by atoms with Crippen molar-refractivity contribution in [1.29, 1.82) is 0 Å². The number of fused-ring (bicyclic) bond motifs is 1. The second kappa shape index (κ2) is 3.90. The van der Waals surface area contributed by atoms with E-state index in [1.54, 1.807) is 12.1 Å². The lowest BCUT2D eigenvalue weighted by molar-refractivity contribution is -0.383. The minimum atomic E-state index is -0.375. The summed E-state index contributed by atoms with van der Waals surface area (Å²) in [4.78, 5) is 10.5. The van der Waals surface area contributed by atoms with Gasteiger partial charge in [0.1, 0.15) is 0 Å². The number of halogens is 2. The molecule has 0 atom stereocenters. The lowest BCUT2D eigenvalue weighted by Gasteiger charge is -2.03. The van der Waals surface area contributed by atoms with Gasteiger partial charge in [-0.25, -0.2) is 0 Å². The van der Waals surface area contributed by atoms with E-state index in [1.807, 2.05) is 12.1 Å². The lowest BCUT2D eigenvalue weighted by Crippen LogP contribution is -1.90. The average molecular weight is 331 g/mol. The van der Waals surface area contributed by atoms with E-state index in [0.29, 0.717) is 5.39 Å². The fraction of sp³-hybridized carbons (Fsp3) is 0. The van der Waals surface area contributed by atoms with Crippen LogP contribution in [0.3, 0.4) is 0 Å². The molecule has 0 saturated heterocycles. The van der Waals surface area contributed by atoms with Crippen molar-refractivity contribution in [1.82, 2.24) is 0 Å². The van der Waals surface area contributed by atoms with Crippen LogP contribution in [0.2, 0.25) is 0 Å². The molecular weight excluding hydrogens is 326 g/mol. The Labute approximate surface area is 103 Å². The number of nitro groups is 1. The topological polar surface area (TPSA) is 43.1 Å². The average Bonchev–Trinajstić information content (AvgIpc) is 2.23. The van der Waals surface area contributed by atoms with Crippen molar-refractivity contribution in [2.45, 2.75) is 0 Å². The van der Waals surface area contributed by atoms with Crippen molar-refractivity contribution in [3.8, 4) is 0 Å². The Hall–Kier alpha value is -0.940.